The van der Waals surface area contributed by atoms with Crippen molar-refractivity contribution in [2.75, 3.05) is 12.4 Å². The monoisotopic (exact) mass is 288 g/mol. The van der Waals surface area contributed by atoms with Crippen LogP contribution in [0, 0.1) is 10.1 Å². The van der Waals surface area contributed by atoms with Crippen LogP contribution in [0.5, 0.6) is 5.75 Å². The molecule has 0 aliphatic heterocycles. The molecule has 1 heterocycles. The Morgan fingerprint density at radius 3 is 2.86 bits per heavy atom. The van der Waals surface area contributed by atoms with E-state index in [-0.39, 0.29) is 17.6 Å². The van der Waals surface area contributed by atoms with E-state index < -0.39 is 4.92 Å². The first-order chi connectivity index (χ1) is 10.1. The minimum Gasteiger partial charge on any atom is -0.497 e. The van der Waals surface area contributed by atoms with Crippen molar-refractivity contribution >= 4 is 23.6 Å². The van der Waals surface area contributed by atoms with Gasteiger partial charge in [0.25, 0.3) is 0 Å². The first-order valence-electron chi connectivity index (χ1n) is 5.96. The van der Waals surface area contributed by atoms with E-state index in [1.807, 2.05) is 0 Å². The number of ether oxygens (including phenoxy) is 1. The topological polar surface area (TPSA) is 94.6 Å². The molecule has 0 saturated heterocycles. The fraction of sp³-hybridized carbons (Fsp3) is 0.0714. The van der Waals surface area contributed by atoms with E-state index in [2.05, 4.69) is 5.32 Å². The molecular formula is C14H12N2O5. The highest BCUT2D eigenvalue weighted by Gasteiger charge is 2.10. The van der Waals surface area contributed by atoms with Gasteiger partial charge in [-0.25, -0.2) is 0 Å². The Hall–Kier alpha value is -3.09. The lowest BCUT2D eigenvalue weighted by Crippen LogP contribution is -2.07. The summed E-state index contributed by atoms with van der Waals surface area (Å²) >= 11 is 0. The molecule has 7 nitrogen and oxygen atoms in total. The molecule has 0 atom stereocenters. The van der Waals surface area contributed by atoms with Crippen LogP contribution < -0.4 is 10.1 Å². The number of carbonyl (C=O) groups excluding carboxylic acids is 1. The maximum absolute atomic E-state index is 11.7. The van der Waals surface area contributed by atoms with Crippen LogP contribution in [0.3, 0.4) is 0 Å². The highest BCUT2D eigenvalue weighted by molar-refractivity contribution is 6.01. The number of rotatable bonds is 5. The van der Waals surface area contributed by atoms with Gasteiger partial charge in [-0.15, -0.1) is 0 Å². The van der Waals surface area contributed by atoms with Crippen LogP contribution in [-0.2, 0) is 4.79 Å². The third-order valence-electron chi connectivity index (χ3n) is 2.53. The van der Waals surface area contributed by atoms with Gasteiger partial charge >= 0.3 is 5.88 Å². The van der Waals surface area contributed by atoms with Gasteiger partial charge in [-0.2, -0.15) is 0 Å². The van der Waals surface area contributed by atoms with E-state index in [0.29, 0.717) is 11.4 Å². The highest BCUT2D eigenvalue weighted by Crippen LogP contribution is 2.18. The predicted octanol–water partition coefficient (Wildman–Crippen LogP) is 2.85. The third-order valence-corrected chi connectivity index (χ3v) is 2.53. The number of nitrogens with zero attached hydrogens (tertiary/aromatic N) is 1. The average molecular weight is 288 g/mol. The third kappa shape index (κ3) is 3.93. The van der Waals surface area contributed by atoms with Crippen molar-refractivity contribution in [3.63, 3.8) is 0 Å². The van der Waals surface area contributed by atoms with Crippen molar-refractivity contribution < 1.29 is 18.9 Å². The van der Waals surface area contributed by atoms with Gasteiger partial charge in [0.2, 0.25) is 5.91 Å². The van der Waals surface area contributed by atoms with Gasteiger partial charge in [-0.3, -0.25) is 14.9 Å². The number of furan rings is 1. The van der Waals surface area contributed by atoms with Gasteiger partial charge in [0.05, 0.1) is 13.2 Å². The summed E-state index contributed by atoms with van der Waals surface area (Å²) in [5.41, 5.74) is 0.578. The van der Waals surface area contributed by atoms with Crippen molar-refractivity contribution in [2.45, 2.75) is 0 Å². The molecule has 0 spiro atoms. The van der Waals surface area contributed by atoms with Crippen LogP contribution in [-0.4, -0.2) is 17.9 Å². The number of benzene rings is 1. The summed E-state index contributed by atoms with van der Waals surface area (Å²) in [6.45, 7) is 0. The quantitative estimate of drug-likeness (QED) is 0.518. The molecule has 0 fully saturated rings. The maximum atomic E-state index is 11.7. The minimum absolute atomic E-state index is 0.225. The van der Waals surface area contributed by atoms with Gasteiger partial charge in [0.15, 0.2) is 0 Å². The van der Waals surface area contributed by atoms with E-state index in [0.717, 1.165) is 0 Å². The predicted molar refractivity (Wildman–Crippen MR) is 76.0 cm³/mol. The van der Waals surface area contributed by atoms with Gasteiger partial charge < -0.3 is 14.5 Å². The Balaban J connectivity index is 2.00. The molecule has 1 aromatic heterocycles. The molecule has 0 saturated carbocycles. The average Bonchev–Trinajstić information content (AvgIpc) is 2.94. The van der Waals surface area contributed by atoms with Gasteiger partial charge in [0, 0.05) is 17.8 Å². The number of nitro groups is 1. The van der Waals surface area contributed by atoms with Crippen LogP contribution >= 0.6 is 0 Å². The zero-order valence-electron chi connectivity index (χ0n) is 11.1. The first-order valence-corrected chi connectivity index (χ1v) is 5.96. The fourth-order valence-electron chi connectivity index (χ4n) is 1.57. The molecule has 0 aliphatic carbocycles. The molecule has 0 unspecified atom stereocenters. The molecule has 21 heavy (non-hydrogen) atoms. The van der Waals surface area contributed by atoms with E-state index >= 15 is 0 Å². The summed E-state index contributed by atoms with van der Waals surface area (Å²) in [7, 11) is 1.53. The molecule has 1 aromatic carbocycles. The smallest absolute Gasteiger partial charge is 0.433 e. The summed E-state index contributed by atoms with van der Waals surface area (Å²) < 4.78 is 9.94. The Kier molecular flexibility index (Phi) is 4.35. The number of methoxy groups -OCH3 is 1. The number of nitrogens with one attached hydrogen (secondary N) is 1. The summed E-state index contributed by atoms with van der Waals surface area (Å²) in [6.07, 6.45) is 2.57. The second-order valence-electron chi connectivity index (χ2n) is 3.99. The van der Waals surface area contributed by atoms with Gasteiger partial charge in [-0.05, 0) is 24.3 Å². The van der Waals surface area contributed by atoms with Crippen molar-refractivity contribution in [3.05, 3.63) is 58.3 Å². The number of amides is 1. The molecule has 0 aliphatic rings. The van der Waals surface area contributed by atoms with Crippen LogP contribution in [0.1, 0.15) is 5.76 Å². The lowest BCUT2D eigenvalue weighted by Gasteiger charge is -2.04. The van der Waals surface area contributed by atoms with Crippen LogP contribution in [0.25, 0.3) is 6.08 Å². The van der Waals surface area contributed by atoms with Crippen molar-refractivity contribution in [1.29, 1.82) is 0 Å². The molecule has 1 N–H and O–H groups in total. The van der Waals surface area contributed by atoms with E-state index in [4.69, 9.17) is 9.15 Å². The van der Waals surface area contributed by atoms with Crippen molar-refractivity contribution in [1.82, 2.24) is 0 Å². The zero-order valence-corrected chi connectivity index (χ0v) is 11.1. The summed E-state index contributed by atoms with van der Waals surface area (Å²) in [5, 5.41) is 13.1. The summed E-state index contributed by atoms with van der Waals surface area (Å²) in [5.74, 6) is 0.0890. The highest BCUT2D eigenvalue weighted by atomic mass is 16.6. The van der Waals surface area contributed by atoms with E-state index in [9.17, 15) is 14.9 Å². The number of hydrogen-bond acceptors (Lipinski definition) is 5. The van der Waals surface area contributed by atoms with Gasteiger partial charge in [0.1, 0.15) is 16.4 Å². The standard InChI is InChI=1S/C14H12N2O5/c1-20-12-4-2-3-10(9-12)15-13(17)7-5-11-6-8-14(21-11)16(18)19/h2-9H,1H3,(H,15,17)/b7-5+. The molecule has 108 valence electrons. The largest absolute Gasteiger partial charge is 0.497 e. The Morgan fingerprint density at radius 1 is 1.38 bits per heavy atom. The fourth-order valence-corrected chi connectivity index (χ4v) is 1.57. The Bertz CT molecular complexity index is 690. The zero-order chi connectivity index (χ0) is 15.2. The minimum atomic E-state index is -0.645. The first kappa shape index (κ1) is 14.3. The number of carbonyl (C=O) groups is 1. The molecule has 0 radical (unpaired) electrons. The van der Waals surface area contributed by atoms with E-state index in [1.54, 1.807) is 24.3 Å². The lowest BCUT2D eigenvalue weighted by molar-refractivity contribution is -0.402. The van der Waals surface area contributed by atoms with Gasteiger partial charge in [-0.1, -0.05) is 6.07 Å². The van der Waals surface area contributed by atoms with Crippen molar-refractivity contribution in [3.8, 4) is 5.75 Å². The molecule has 2 aromatic rings. The lowest BCUT2D eigenvalue weighted by atomic mass is 10.3. The Morgan fingerprint density at radius 2 is 2.19 bits per heavy atom. The molecule has 1 amide bonds. The molecule has 0 bridgehead atoms. The molecule has 2 rings (SSSR count). The summed E-state index contributed by atoms with van der Waals surface area (Å²) in [4.78, 5) is 21.5. The van der Waals surface area contributed by atoms with Crippen LogP contribution in [0.2, 0.25) is 0 Å². The van der Waals surface area contributed by atoms with Crippen LogP contribution in [0.15, 0.2) is 46.9 Å². The van der Waals surface area contributed by atoms with E-state index in [1.165, 1.54) is 31.4 Å². The number of hydrogen-bond donors (Lipinski definition) is 1. The maximum Gasteiger partial charge on any atom is 0.433 e. The molecular weight excluding hydrogens is 276 g/mol. The van der Waals surface area contributed by atoms with Crippen molar-refractivity contribution in [2.24, 2.45) is 0 Å². The number of anilines is 1. The SMILES string of the molecule is COc1cccc(NC(=O)/C=C/c2ccc([N+](=O)[O-])o2)c1. The second kappa shape index (κ2) is 6.38. The van der Waals surface area contributed by atoms with Crippen LogP contribution in [0.4, 0.5) is 11.6 Å². The normalized spacial score (nSPS) is 10.5. The summed E-state index contributed by atoms with van der Waals surface area (Å²) in [6, 6.07) is 9.52. The second-order valence-corrected chi connectivity index (χ2v) is 3.99. The Labute approximate surface area is 120 Å². The molecule has 7 heteroatoms.